The largest absolute Gasteiger partial charge is 0.494 e. The Morgan fingerprint density at radius 3 is 1.91 bits per heavy atom. The van der Waals surface area contributed by atoms with Crippen LogP contribution in [-0.2, 0) is 11.2 Å². The number of fused-ring (bicyclic) bond motifs is 3. The first-order chi connectivity index (χ1) is 21.7. The Hall–Kier alpha value is -5.88. The van der Waals surface area contributed by atoms with Crippen molar-refractivity contribution in [2.24, 2.45) is 9.98 Å². The SMILES string of the molecule is O=C(O)Cc1ccc(N=Cc2c(O)[nH]c3ccc(F)cc23)cc1.Oc1[nH]c2ccc(F)cc2c1C=Nc1ccc2ncsc2c1. The lowest BCUT2D eigenvalue weighted by Crippen LogP contribution is -1.99. The number of carboxylic acid groups (broad SMARTS) is 1. The fraction of sp³-hybridized carbons (Fsp3) is 0.0303. The van der Waals surface area contributed by atoms with Crippen molar-refractivity contribution in [3.8, 4) is 11.8 Å². The number of carbonyl (C=O) groups is 1. The highest BCUT2D eigenvalue weighted by Crippen LogP contribution is 2.29. The van der Waals surface area contributed by atoms with E-state index < -0.39 is 11.8 Å². The number of thiazole rings is 1. The molecule has 5 N–H and O–H groups in total. The molecular formula is C33H23F2N5O4S. The van der Waals surface area contributed by atoms with E-state index in [4.69, 9.17) is 5.11 Å². The Balaban J connectivity index is 0.000000159. The molecule has 4 aromatic carbocycles. The molecule has 0 atom stereocenters. The Bertz CT molecular complexity index is 2240. The van der Waals surface area contributed by atoms with Crippen LogP contribution in [0.25, 0.3) is 32.0 Å². The maximum Gasteiger partial charge on any atom is 0.307 e. The van der Waals surface area contributed by atoms with E-state index in [9.17, 15) is 23.8 Å². The van der Waals surface area contributed by atoms with Crippen molar-refractivity contribution in [3.05, 3.63) is 113 Å². The molecule has 0 unspecified atom stereocenters. The summed E-state index contributed by atoms with van der Waals surface area (Å²) in [5.41, 5.74) is 6.89. The monoisotopic (exact) mass is 623 g/mol. The molecule has 3 heterocycles. The molecule has 0 bridgehead atoms. The van der Waals surface area contributed by atoms with Gasteiger partial charge in [-0.05, 0) is 72.3 Å². The minimum Gasteiger partial charge on any atom is -0.494 e. The lowest BCUT2D eigenvalue weighted by molar-refractivity contribution is -0.136. The Morgan fingerprint density at radius 1 is 0.778 bits per heavy atom. The van der Waals surface area contributed by atoms with Crippen molar-refractivity contribution in [2.45, 2.75) is 6.42 Å². The highest BCUT2D eigenvalue weighted by molar-refractivity contribution is 7.16. The zero-order chi connectivity index (χ0) is 31.5. The Morgan fingerprint density at radius 2 is 1.33 bits per heavy atom. The third-order valence-corrected chi connectivity index (χ3v) is 7.64. The quantitative estimate of drug-likeness (QED) is 0.120. The fourth-order valence-electron chi connectivity index (χ4n) is 4.68. The van der Waals surface area contributed by atoms with E-state index in [0.717, 1.165) is 15.9 Å². The Kier molecular flexibility index (Phi) is 8.04. The number of aliphatic carboxylic acids is 1. The minimum absolute atomic E-state index is 0.0248. The first kappa shape index (κ1) is 29.2. The summed E-state index contributed by atoms with van der Waals surface area (Å²) in [6.45, 7) is 0. The van der Waals surface area contributed by atoms with Crippen molar-refractivity contribution < 1.29 is 28.9 Å². The summed E-state index contributed by atoms with van der Waals surface area (Å²) < 4.78 is 27.8. The standard InChI is InChI=1S/C17H13FN2O3.C16H10FN3OS/c18-11-3-6-15-13(8-11)14(17(23)20-15)9-19-12-4-1-10(2-5-12)7-16(21)22;17-9-1-3-13-11(5-9)12(16(21)20-13)7-18-10-2-4-14-15(6-10)22-8-19-14/h1-6,8-9,20,23H,7H2,(H,21,22);1-8,20-21H. The summed E-state index contributed by atoms with van der Waals surface area (Å²) in [6.07, 6.45) is 2.93. The van der Waals surface area contributed by atoms with Gasteiger partial charge in [0.25, 0.3) is 0 Å². The zero-order valence-electron chi connectivity index (χ0n) is 23.2. The molecule has 0 spiro atoms. The van der Waals surface area contributed by atoms with Gasteiger partial charge in [0.05, 0.1) is 44.6 Å². The van der Waals surface area contributed by atoms with Crippen molar-refractivity contribution >= 4 is 73.1 Å². The number of aliphatic imine (C=N–C) groups is 2. The van der Waals surface area contributed by atoms with Crippen LogP contribution in [-0.4, -0.2) is 48.7 Å². The number of aromatic nitrogens is 3. The molecule has 45 heavy (non-hydrogen) atoms. The maximum atomic E-state index is 13.4. The van der Waals surface area contributed by atoms with Gasteiger partial charge in [0, 0.05) is 34.2 Å². The van der Waals surface area contributed by atoms with Gasteiger partial charge in [-0.2, -0.15) is 0 Å². The normalized spacial score (nSPS) is 11.6. The van der Waals surface area contributed by atoms with Gasteiger partial charge in [-0.15, -0.1) is 11.3 Å². The number of nitrogens with one attached hydrogen (secondary N) is 2. The number of halogens is 2. The van der Waals surface area contributed by atoms with Crippen LogP contribution in [0.2, 0.25) is 0 Å². The molecule has 0 radical (unpaired) electrons. The minimum atomic E-state index is -0.896. The average Bonchev–Trinajstić information content (AvgIpc) is 3.69. The van der Waals surface area contributed by atoms with Gasteiger partial charge in [-0.3, -0.25) is 14.8 Å². The number of hydrogen-bond acceptors (Lipinski definition) is 7. The third kappa shape index (κ3) is 6.55. The number of benzene rings is 4. The molecular weight excluding hydrogens is 600 g/mol. The van der Waals surface area contributed by atoms with Crippen LogP contribution in [0.4, 0.5) is 20.2 Å². The van der Waals surface area contributed by atoms with Crippen molar-refractivity contribution in [1.29, 1.82) is 0 Å². The third-order valence-electron chi connectivity index (χ3n) is 6.85. The van der Waals surface area contributed by atoms with Crippen LogP contribution in [0, 0.1) is 11.6 Å². The summed E-state index contributed by atoms with van der Waals surface area (Å²) in [5, 5.41) is 29.7. The van der Waals surface area contributed by atoms with Crippen molar-refractivity contribution in [3.63, 3.8) is 0 Å². The second-order valence-corrected chi connectivity index (χ2v) is 10.8. The van der Waals surface area contributed by atoms with Crippen LogP contribution >= 0.6 is 11.3 Å². The predicted molar refractivity (Wildman–Crippen MR) is 172 cm³/mol. The number of carboxylic acids is 1. The summed E-state index contributed by atoms with van der Waals surface area (Å²) >= 11 is 1.54. The zero-order valence-corrected chi connectivity index (χ0v) is 24.0. The summed E-state index contributed by atoms with van der Waals surface area (Å²) in [7, 11) is 0. The molecule has 0 fully saturated rings. The molecule has 0 amide bonds. The second kappa shape index (κ2) is 12.4. The summed E-state index contributed by atoms with van der Waals surface area (Å²) in [4.78, 5) is 29.0. The van der Waals surface area contributed by atoms with Gasteiger partial charge in [0.1, 0.15) is 11.6 Å². The number of aromatic hydroxyl groups is 2. The van der Waals surface area contributed by atoms with Crippen LogP contribution in [0.1, 0.15) is 16.7 Å². The molecule has 0 saturated carbocycles. The van der Waals surface area contributed by atoms with Crippen molar-refractivity contribution in [1.82, 2.24) is 15.0 Å². The van der Waals surface area contributed by atoms with E-state index in [1.807, 2.05) is 18.2 Å². The molecule has 0 saturated heterocycles. The molecule has 7 rings (SSSR count). The van der Waals surface area contributed by atoms with E-state index in [-0.39, 0.29) is 24.0 Å². The van der Waals surface area contributed by atoms with Gasteiger partial charge in [-0.1, -0.05) is 12.1 Å². The molecule has 7 aromatic rings. The summed E-state index contributed by atoms with van der Waals surface area (Å²) in [6, 6.07) is 20.9. The lowest BCUT2D eigenvalue weighted by Gasteiger charge is -1.98. The van der Waals surface area contributed by atoms with Crippen molar-refractivity contribution in [2.75, 3.05) is 0 Å². The smallest absolute Gasteiger partial charge is 0.307 e. The lowest BCUT2D eigenvalue weighted by atomic mass is 10.1. The van der Waals surface area contributed by atoms with Gasteiger partial charge < -0.3 is 25.3 Å². The molecule has 3 aromatic heterocycles. The van der Waals surface area contributed by atoms with Gasteiger partial charge in [0.2, 0.25) is 0 Å². The van der Waals surface area contributed by atoms with E-state index in [1.54, 1.807) is 53.2 Å². The van der Waals surface area contributed by atoms with E-state index in [0.29, 0.717) is 44.2 Å². The van der Waals surface area contributed by atoms with Crippen LogP contribution in [0.5, 0.6) is 11.8 Å². The summed E-state index contributed by atoms with van der Waals surface area (Å²) in [5.74, 6) is -1.76. The van der Waals surface area contributed by atoms with E-state index in [1.165, 1.54) is 36.7 Å². The molecule has 0 aliphatic heterocycles. The number of H-pyrrole nitrogens is 2. The number of nitrogens with zero attached hydrogens (tertiary/aromatic N) is 3. The second-order valence-electron chi connectivity index (χ2n) is 9.91. The number of rotatable bonds is 6. The molecule has 9 nitrogen and oxygen atoms in total. The Labute approximate surface area is 257 Å². The predicted octanol–water partition coefficient (Wildman–Crippen LogP) is 7.76. The number of aromatic amines is 2. The van der Waals surface area contributed by atoms with E-state index >= 15 is 0 Å². The highest BCUT2D eigenvalue weighted by atomic mass is 32.1. The molecule has 12 heteroatoms. The number of hydrogen-bond donors (Lipinski definition) is 5. The average molecular weight is 624 g/mol. The molecule has 224 valence electrons. The first-order valence-electron chi connectivity index (χ1n) is 13.5. The van der Waals surface area contributed by atoms with Crippen LogP contribution < -0.4 is 0 Å². The van der Waals surface area contributed by atoms with Gasteiger partial charge in [-0.25, -0.2) is 13.8 Å². The van der Waals surface area contributed by atoms with Gasteiger partial charge >= 0.3 is 5.97 Å². The van der Waals surface area contributed by atoms with Crippen LogP contribution in [0.3, 0.4) is 0 Å². The maximum absolute atomic E-state index is 13.4. The fourth-order valence-corrected chi connectivity index (χ4v) is 5.39. The molecule has 0 aliphatic carbocycles. The highest BCUT2D eigenvalue weighted by Gasteiger charge is 2.11. The van der Waals surface area contributed by atoms with E-state index in [2.05, 4.69) is 24.9 Å². The van der Waals surface area contributed by atoms with Gasteiger partial charge in [0.15, 0.2) is 11.8 Å². The topological polar surface area (TPSA) is 147 Å². The first-order valence-corrected chi connectivity index (χ1v) is 14.3. The van der Waals surface area contributed by atoms with Crippen LogP contribution in [0.15, 0.2) is 94.4 Å². The molecule has 0 aliphatic rings.